The largest absolute Gasteiger partial charge is 0.465 e. The quantitative estimate of drug-likeness (QED) is 0.189. The minimum absolute atomic E-state index is 0.129. The average Bonchev–Trinajstić information content (AvgIpc) is 3.76. The van der Waals surface area contributed by atoms with Gasteiger partial charge >= 0.3 is 5.97 Å². The summed E-state index contributed by atoms with van der Waals surface area (Å²) in [6.07, 6.45) is 1.66. The number of carbonyl (C=O) groups is 1. The number of aryl methyl sites for hydroxylation is 1. The molecule has 7 nitrogen and oxygen atoms in total. The van der Waals surface area contributed by atoms with Crippen molar-refractivity contribution in [2.24, 2.45) is 0 Å². The van der Waals surface area contributed by atoms with Crippen LogP contribution in [0.15, 0.2) is 112 Å². The monoisotopic (exact) mass is 563 g/mol. The van der Waals surface area contributed by atoms with Gasteiger partial charge in [-0.1, -0.05) is 78.0 Å². The Morgan fingerprint density at radius 2 is 1.56 bits per heavy atom. The number of carbonyl (C=O) groups excluding carboxylic acids is 1. The number of ether oxygens (including phenoxy) is 1. The molecule has 0 amide bonds. The topological polar surface area (TPSA) is 94.3 Å². The minimum atomic E-state index is -1.39. The van der Waals surface area contributed by atoms with E-state index in [2.05, 4.69) is 15.5 Å². The average molecular weight is 564 g/mol. The van der Waals surface area contributed by atoms with Crippen LogP contribution in [0.2, 0.25) is 0 Å². The number of nitrogens with zero attached hydrogens (tertiary/aromatic N) is 2. The fourth-order valence-electron chi connectivity index (χ4n) is 4.90. The van der Waals surface area contributed by atoms with Crippen LogP contribution in [0, 0.1) is 6.92 Å². The van der Waals surface area contributed by atoms with E-state index < -0.39 is 16.2 Å². The number of anilines is 2. The highest BCUT2D eigenvalue weighted by atomic mass is 32.2. The molecule has 1 saturated carbocycles. The molecule has 2 heterocycles. The van der Waals surface area contributed by atoms with Gasteiger partial charge in [0.05, 0.1) is 12.0 Å². The number of benzene rings is 3. The Labute approximate surface area is 241 Å². The molecule has 0 bridgehead atoms. The zero-order chi connectivity index (χ0) is 28.4. The molecule has 3 aromatic carbocycles. The number of rotatable bonds is 9. The van der Waals surface area contributed by atoms with Gasteiger partial charge in [-0.05, 0) is 67.6 Å². The molecule has 1 unspecified atom stereocenters. The van der Waals surface area contributed by atoms with Gasteiger partial charge in [0.2, 0.25) is 0 Å². The van der Waals surface area contributed by atoms with Gasteiger partial charge in [-0.15, -0.1) is 0 Å². The number of pyridine rings is 1. The van der Waals surface area contributed by atoms with Crippen molar-refractivity contribution in [3.63, 3.8) is 0 Å². The van der Waals surface area contributed by atoms with Crippen LogP contribution < -0.4 is 5.32 Å². The van der Waals surface area contributed by atoms with Crippen LogP contribution >= 0.6 is 0 Å². The molecule has 8 heteroatoms. The molecular weight excluding hydrogens is 534 g/mol. The summed E-state index contributed by atoms with van der Waals surface area (Å²) in [6.45, 7) is 4.09. The van der Waals surface area contributed by atoms with Crippen molar-refractivity contribution in [1.29, 1.82) is 0 Å². The highest BCUT2D eigenvalue weighted by Gasteiger charge is 2.52. The van der Waals surface area contributed by atoms with E-state index in [-0.39, 0.29) is 5.97 Å². The van der Waals surface area contributed by atoms with Crippen molar-refractivity contribution in [1.82, 2.24) is 10.1 Å². The van der Waals surface area contributed by atoms with E-state index in [4.69, 9.17) is 9.26 Å². The van der Waals surface area contributed by atoms with Crippen molar-refractivity contribution in [3.8, 4) is 22.5 Å². The Bertz CT molecular complexity index is 1710. The number of esters is 1. The molecule has 1 aliphatic rings. The fraction of sp³-hybridized carbons (Fsp3) is 0.182. The molecule has 1 aliphatic carbocycles. The molecule has 41 heavy (non-hydrogen) atoms. The molecule has 0 saturated heterocycles. The first kappa shape index (κ1) is 26.7. The Balaban J connectivity index is 1.21. The van der Waals surface area contributed by atoms with E-state index in [9.17, 15) is 9.00 Å². The number of nitrogens with one attached hydrogen (secondary N) is 1. The lowest BCUT2D eigenvalue weighted by Crippen LogP contribution is -2.23. The van der Waals surface area contributed by atoms with Gasteiger partial charge in [-0.2, -0.15) is 0 Å². The minimum Gasteiger partial charge on any atom is -0.465 e. The summed E-state index contributed by atoms with van der Waals surface area (Å²) in [4.78, 5) is 17.7. The number of aromatic nitrogens is 2. The fourth-order valence-corrected chi connectivity index (χ4v) is 5.92. The van der Waals surface area contributed by atoms with Gasteiger partial charge in [0.1, 0.15) is 33.0 Å². The molecule has 0 spiro atoms. The molecule has 1 N–H and O–H groups in total. The first-order chi connectivity index (χ1) is 20.0. The highest BCUT2D eigenvalue weighted by molar-refractivity contribution is 7.85. The van der Waals surface area contributed by atoms with Crippen LogP contribution in [0.4, 0.5) is 11.5 Å². The number of hydrogen-bond donors (Lipinski definition) is 1. The summed E-state index contributed by atoms with van der Waals surface area (Å²) in [5.41, 5.74) is 4.88. The SMILES string of the molecule is CCOC(=O)C1(c2ccc(-c3ccc(-c4onc(C)c4Nc4cccc(S(=O)c5ccccc5)n4)cc3)cc2)CC1. The summed E-state index contributed by atoms with van der Waals surface area (Å²) in [6, 6.07) is 30.9. The maximum atomic E-state index is 13.0. The molecule has 5 aromatic rings. The zero-order valence-corrected chi connectivity index (χ0v) is 23.6. The van der Waals surface area contributed by atoms with Crippen LogP contribution in [0.25, 0.3) is 22.5 Å². The number of hydrogen-bond acceptors (Lipinski definition) is 7. The van der Waals surface area contributed by atoms with Crippen molar-refractivity contribution < 1.29 is 18.3 Å². The second-order valence-corrected chi connectivity index (χ2v) is 11.4. The molecular formula is C33H29N3O4S. The maximum absolute atomic E-state index is 13.0. The van der Waals surface area contributed by atoms with Gasteiger partial charge in [0, 0.05) is 10.5 Å². The van der Waals surface area contributed by atoms with Crippen LogP contribution in [0.1, 0.15) is 31.0 Å². The highest BCUT2D eigenvalue weighted by Crippen LogP contribution is 2.49. The van der Waals surface area contributed by atoms with Gasteiger partial charge in [0.25, 0.3) is 0 Å². The summed E-state index contributed by atoms with van der Waals surface area (Å²) < 4.78 is 24.0. The molecule has 0 radical (unpaired) electrons. The Morgan fingerprint density at radius 3 is 2.22 bits per heavy atom. The van der Waals surface area contributed by atoms with E-state index in [1.54, 1.807) is 6.07 Å². The van der Waals surface area contributed by atoms with E-state index >= 15 is 0 Å². The summed E-state index contributed by atoms with van der Waals surface area (Å²) in [5, 5.41) is 7.96. The van der Waals surface area contributed by atoms with Gasteiger partial charge in [0.15, 0.2) is 5.76 Å². The molecule has 206 valence electrons. The molecule has 1 fully saturated rings. The lowest BCUT2D eigenvalue weighted by atomic mass is 9.93. The maximum Gasteiger partial charge on any atom is 0.316 e. The predicted octanol–water partition coefficient (Wildman–Crippen LogP) is 7.22. The second kappa shape index (κ2) is 11.1. The molecule has 0 aliphatic heterocycles. The van der Waals surface area contributed by atoms with Crippen LogP contribution in [0.5, 0.6) is 0 Å². The van der Waals surface area contributed by atoms with Gasteiger partial charge in [-0.3, -0.25) is 4.79 Å². The summed E-state index contributed by atoms with van der Waals surface area (Å²) in [7, 11) is -1.39. The lowest BCUT2D eigenvalue weighted by molar-refractivity contribution is -0.146. The van der Waals surface area contributed by atoms with E-state index in [1.165, 1.54) is 0 Å². The van der Waals surface area contributed by atoms with Crippen molar-refractivity contribution in [2.45, 2.75) is 42.0 Å². The van der Waals surface area contributed by atoms with Crippen LogP contribution in [-0.4, -0.2) is 26.9 Å². The smallest absolute Gasteiger partial charge is 0.316 e. The van der Waals surface area contributed by atoms with Crippen LogP contribution in [0.3, 0.4) is 0 Å². The van der Waals surface area contributed by atoms with Crippen LogP contribution in [-0.2, 0) is 25.7 Å². The normalized spacial score (nSPS) is 14.3. The van der Waals surface area contributed by atoms with Crippen molar-refractivity contribution in [2.75, 3.05) is 11.9 Å². The Morgan fingerprint density at radius 1 is 0.902 bits per heavy atom. The zero-order valence-electron chi connectivity index (χ0n) is 22.8. The van der Waals surface area contributed by atoms with Gasteiger partial charge in [-0.25, -0.2) is 9.19 Å². The first-order valence-electron chi connectivity index (χ1n) is 13.5. The Kier molecular flexibility index (Phi) is 7.24. The molecule has 2 aromatic heterocycles. The summed E-state index contributed by atoms with van der Waals surface area (Å²) >= 11 is 0. The third-order valence-corrected chi connectivity index (χ3v) is 8.63. The van der Waals surface area contributed by atoms with E-state index in [0.29, 0.717) is 39.5 Å². The third-order valence-electron chi connectivity index (χ3n) is 7.32. The van der Waals surface area contributed by atoms with Gasteiger partial charge < -0.3 is 14.6 Å². The van der Waals surface area contributed by atoms with E-state index in [1.807, 2.05) is 105 Å². The third kappa shape index (κ3) is 5.30. The second-order valence-electron chi connectivity index (χ2n) is 10.00. The molecule has 6 rings (SSSR count). The first-order valence-corrected chi connectivity index (χ1v) is 14.7. The lowest BCUT2D eigenvalue weighted by Gasteiger charge is -2.14. The van der Waals surface area contributed by atoms with E-state index in [0.717, 1.165) is 35.1 Å². The standard InChI is InChI=1S/C33H29N3O4S/c1-3-39-32(37)33(20-21-33)26-18-16-24(17-19-26)23-12-14-25(15-13-23)31-30(22(2)36-40-31)35-28-10-7-11-29(34-28)41(38)27-8-5-4-6-9-27/h4-19H,3,20-21H2,1-2H3,(H,34,35). The van der Waals surface area contributed by atoms with Crippen molar-refractivity contribution >= 4 is 28.3 Å². The van der Waals surface area contributed by atoms with Crippen molar-refractivity contribution in [3.05, 3.63) is 108 Å². The Hall–Kier alpha value is -4.56. The predicted molar refractivity (Wildman–Crippen MR) is 158 cm³/mol. The molecule has 1 atom stereocenters. The summed E-state index contributed by atoms with van der Waals surface area (Å²) in [5.74, 6) is 1.01.